The second-order valence-electron chi connectivity index (χ2n) is 4.01. The third-order valence-electron chi connectivity index (χ3n) is 2.93. The molecule has 1 aliphatic rings. The van der Waals surface area contributed by atoms with Gasteiger partial charge in [0.05, 0.1) is 6.17 Å². The number of nitrogens with zero attached hydrogens (tertiary/aromatic N) is 2. The van der Waals surface area contributed by atoms with Gasteiger partial charge in [0.25, 0.3) is 0 Å². The number of nitrogens with two attached hydrogens (primary N) is 1. The van der Waals surface area contributed by atoms with Gasteiger partial charge >= 0.3 is 0 Å². The molecular formula is C11H12BrN3O. The van der Waals surface area contributed by atoms with E-state index in [1.807, 2.05) is 18.3 Å². The molecule has 16 heavy (non-hydrogen) atoms. The second-order valence-corrected chi connectivity index (χ2v) is 4.79. The van der Waals surface area contributed by atoms with E-state index in [9.17, 15) is 0 Å². The summed E-state index contributed by atoms with van der Waals surface area (Å²) in [4.78, 5) is 4.40. The van der Waals surface area contributed by atoms with Crippen molar-refractivity contribution >= 4 is 15.9 Å². The zero-order chi connectivity index (χ0) is 11.1. The Kier molecular flexibility index (Phi) is 2.37. The zero-order valence-electron chi connectivity index (χ0n) is 8.69. The van der Waals surface area contributed by atoms with Gasteiger partial charge in [-0.3, -0.25) is 0 Å². The summed E-state index contributed by atoms with van der Waals surface area (Å²) < 4.78 is 8.31. The second kappa shape index (κ2) is 3.75. The first-order valence-electron chi connectivity index (χ1n) is 5.33. The van der Waals surface area contributed by atoms with E-state index >= 15 is 0 Å². The Morgan fingerprint density at radius 2 is 2.38 bits per heavy atom. The molecule has 0 saturated heterocycles. The highest BCUT2D eigenvalue weighted by atomic mass is 79.9. The van der Waals surface area contributed by atoms with Crippen LogP contribution in [0.2, 0.25) is 0 Å². The molecular weight excluding hydrogens is 270 g/mol. The Morgan fingerprint density at radius 1 is 1.50 bits per heavy atom. The molecule has 0 amide bonds. The van der Waals surface area contributed by atoms with Crippen LogP contribution in [0.25, 0.3) is 11.6 Å². The molecule has 5 heteroatoms. The molecule has 1 atom stereocenters. The van der Waals surface area contributed by atoms with Crippen molar-refractivity contribution in [3.63, 3.8) is 0 Å². The minimum absolute atomic E-state index is 0.0186. The van der Waals surface area contributed by atoms with Gasteiger partial charge in [-0.1, -0.05) is 0 Å². The molecule has 0 radical (unpaired) electrons. The topological polar surface area (TPSA) is 57.0 Å². The summed E-state index contributed by atoms with van der Waals surface area (Å²) in [5, 5.41) is 0. The monoisotopic (exact) mass is 281 g/mol. The third-order valence-corrected chi connectivity index (χ3v) is 3.36. The SMILES string of the molecule is NC1CCCc2cnc(-c3ccc(Br)o3)n21. The van der Waals surface area contributed by atoms with Crippen LogP contribution in [0.1, 0.15) is 24.7 Å². The van der Waals surface area contributed by atoms with Gasteiger partial charge in [0.2, 0.25) is 0 Å². The van der Waals surface area contributed by atoms with Crippen LogP contribution in [-0.2, 0) is 6.42 Å². The number of fused-ring (bicyclic) bond motifs is 1. The van der Waals surface area contributed by atoms with E-state index in [4.69, 9.17) is 10.2 Å². The molecule has 0 aliphatic carbocycles. The number of rotatable bonds is 1. The van der Waals surface area contributed by atoms with E-state index in [2.05, 4.69) is 25.5 Å². The Morgan fingerprint density at radius 3 is 3.12 bits per heavy atom. The molecule has 1 aliphatic heterocycles. The first kappa shape index (κ1) is 10.1. The summed E-state index contributed by atoms with van der Waals surface area (Å²) in [5.41, 5.74) is 7.30. The van der Waals surface area contributed by atoms with Crippen LogP contribution in [0.3, 0.4) is 0 Å². The lowest BCUT2D eigenvalue weighted by Gasteiger charge is -2.23. The highest BCUT2D eigenvalue weighted by Gasteiger charge is 2.22. The van der Waals surface area contributed by atoms with Crippen LogP contribution in [0.5, 0.6) is 0 Å². The maximum absolute atomic E-state index is 6.11. The number of hydrogen-bond acceptors (Lipinski definition) is 3. The number of aryl methyl sites for hydroxylation is 1. The first-order chi connectivity index (χ1) is 7.75. The van der Waals surface area contributed by atoms with Crippen molar-refractivity contribution < 1.29 is 4.42 Å². The fraction of sp³-hybridized carbons (Fsp3) is 0.364. The average Bonchev–Trinajstić information content (AvgIpc) is 2.84. The summed E-state index contributed by atoms with van der Waals surface area (Å²) >= 11 is 3.29. The van der Waals surface area contributed by atoms with Crippen molar-refractivity contribution in [2.75, 3.05) is 0 Å². The first-order valence-corrected chi connectivity index (χ1v) is 6.12. The average molecular weight is 282 g/mol. The lowest BCUT2D eigenvalue weighted by Crippen LogP contribution is -2.25. The van der Waals surface area contributed by atoms with E-state index < -0.39 is 0 Å². The molecule has 2 N–H and O–H groups in total. The maximum atomic E-state index is 6.11. The number of halogens is 1. The standard InChI is InChI=1S/C11H12BrN3O/c12-9-5-4-8(16-9)11-14-6-7-2-1-3-10(13)15(7)11/h4-6,10H,1-3,13H2. The van der Waals surface area contributed by atoms with E-state index in [0.717, 1.165) is 30.8 Å². The lowest BCUT2D eigenvalue weighted by atomic mass is 10.1. The zero-order valence-corrected chi connectivity index (χ0v) is 10.3. The van der Waals surface area contributed by atoms with Gasteiger partial charge < -0.3 is 14.7 Å². The van der Waals surface area contributed by atoms with Crippen molar-refractivity contribution in [1.29, 1.82) is 0 Å². The fourth-order valence-corrected chi connectivity index (χ4v) is 2.50. The molecule has 4 nitrogen and oxygen atoms in total. The number of imidazole rings is 1. The van der Waals surface area contributed by atoms with Crippen molar-refractivity contribution in [3.05, 3.63) is 28.7 Å². The highest BCUT2D eigenvalue weighted by Crippen LogP contribution is 2.30. The van der Waals surface area contributed by atoms with E-state index in [-0.39, 0.29) is 6.17 Å². The lowest BCUT2D eigenvalue weighted by molar-refractivity contribution is 0.412. The molecule has 0 fully saturated rings. The molecule has 0 spiro atoms. The van der Waals surface area contributed by atoms with E-state index in [1.54, 1.807) is 0 Å². The van der Waals surface area contributed by atoms with Gasteiger partial charge in [0, 0.05) is 11.9 Å². The molecule has 3 heterocycles. The molecule has 2 aromatic rings. The molecule has 0 bridgehead atoms. The van der Waals surface area contributed by atoms with Crippen LogP contribution in [0.15, 0.2) is 27.4 Å². The van der Waals surface area contributed by atoms with Crippen LogP contribution < -0.4 is 5.73 Å². The van der Waals surface area contributed by atoms with E-state index in [0.29, 0.717) is 4.67 Å². The summed E-state index contributed by atoms with van der Waals surface area (Å²) in [7, 11) is 0. The Bertz CT molecular complexity index is 517. The Balaban J connectivity index is 2.12. The summed E-state index contributed by atoms with van der Waals surface area (Å²) in [6, 6.07) is 3.77. The smallest absolute Gasteiger partial charge is 0.177 e. The predicted molar refractivity (Wildman–Crippen MR) is 63.8 cm³/mol. The Labute approximate surface area is 102 Å². The van der Waals surface area contributed by atoms with Gasteiger partial charge in [-0.2, -0.15) is 0 Å². The third kappa shape index (κ3) is 1.51. The van der Waals surface area contributed by atoms with Crippen molar-refractivity contribution in [3.8, 4) is 11.6 Å². The molecule has 1 unspecified atom stereocenters. The van der Waals surface area contributed by atoms with Gasteiger partial charge in [0.15, 0.2) is 16.3 Å². The van der Waals surface area contributed by atoms with Gasteiger partial charge in [-0.15, -0.1) is 0 Å². The van der Waals surface area contributed by atoms with Crippen molar-refractivity contribution in [1.82, 2.24) is 9.55 Å². The largest absolute Gasteiger partial charge is 0.446 e. The summed E-state index contributed by atoms with van der Waals surface area (Å²) in [6.07, 6.45) is 5.09. The molecule has 3 rings (SSSR count). The molecule has 84 valence electrons. The van der Waals surface area contributed by atoms with Crippen LogP contribution in [-0.4, -0.2) is 9.55 Å². The fourth-order valence-electron chi connectivity index (χ4n) is 2.19. The number of hydrogen-bond donors (Lipinski definition) is 1. The van der Waals surface area contributed by atoms with Gasteiger partial charge in [0.1, 0.15) is 0 Å². The summed E-state index contributed by atoms with van der Waals surface area (Å²) in [5.74, 6) is 1.59. The number of furan rings is 1. The minimum Gasteiger partial charge on any atom is -0.446 e. The number of aromatic nitrogens is 2. The van der Waals surface area contributed by atoms with Crippen molar-refractivity contribution in [2.45, 2.75) is 25.4 Å². The van der Waals surface area contributed by atoms with Gasteiger partial charge in [-0.25, -0.2) is 4.98 Å². The normalized spacial score (nSPS) is 19.8. The molecule has 2 aromatic heterocycles. The van der Waals surface area contributed by atoms with Crippen LogP contribution in [0, 0.1) is 0 Å². The highest BCUT2D eigenvalue weighted by molar-refractivity contribution is 9.10. The quantitative estimate of drug-likeness (QED) is 0.874. The predicted octanol–water partition coefficient (Wildman–Crippen LogP) is 2.70. The molecule has 0 saturated carbocycles. The van der Waals surface area contributed by atoms with Crippen LogP contribution in [0.4, 0.5) is 0 Å². The summed E-state index contributed by atoms with van der Waals surface area (Å²) in [6.45, 7) is 0. The Hall–Kier alpha value is -1.07. The van der Waals surface area contributed by atoms with Crippen LogP contribution >= 0.6 is 15.9 Å². The van der Waals surface area contributed by atoms with Crippen molar-refractivity contribution in [2.24, 2.45) is 5.73 Å². The maximum Gasteiger partial charge on any atom is 0.177 e. The van der Waals surface area contributed by atoms with E-state index in [1.165, 1.54) is 5.69 Å². The molecule has 0 aromatic carbocycles. The van der Waals surface area contributed by atoms with Gasteiger partial charge in [-0.05, 0) is 47.3 Å². The minimum atomic E-state index is 0.0186.